The summed E-state index contributed by atoms with van der Waals surface area (Å²) in [5.74, 6) is 1.45. The Morgan fingerprint density at radius 2 is 2.06 bits per heavy atom. The van der Waals surface area contributed by atoms with Gasteiger partial charge in [-0.2, -0.15) is 30.1 Å². The number of benzene rings is 1. The van der Waals surface area contributed by atoms with E-state index in [4.69, 9.17) is 11.6 Å². The van der Waals surface area contributed by atoms with E-state index in [9.17, 15) is 15.6 Å². The molecule has 174 valence electrons. The highest BCUT2D eigenvalue weighted by molar-refractivity contribution is 8.00. The Hall–Kier alpha value is -3.29. The third kappa shape index (κ3) is 4.54. The molecule has 3 heterocycles. The molecule has 0 spiro atoms. The number of nitriles is 2. The van der Waals surface area contributed by atoms with E-state index in [2.05, 4.69) is 47.0 Å². The molecule has 1 saturated heterocycles. The molecule has 0 bridgehead atoms. The number of aromatic nitrogens is 4. The van der Waals surface area contributed by atoms with Gasteiger partial charge in [-0.15, -0.1) is 0 Å². The number of hydrogen-bond donors (Lipinski definition) is 3. The Morgan fingerprint density at radius 1 is 1.21 bits per heavy atom. The fraction of sp³-hybridized carbons (Fsp3) is 0.381. The average molecular weight is 497 g/mol. The minimum Gasteiger partial charge on any atom is -0.395 e. The van der Waals surface area contributed by atoms with E-state index in [1.165, 1.54) is 10.7 Å². The number of rotatable bonds is 7. The summed E-state index contributed by atoms with van der Waals surface area (Å²) < 4.78 is 3.57. The number of nitrogens with zero attached hydrogens (tertiary/aromatic N) is 8. The molecule has 11 nitrogen and oxygen atoms in total. The van der Waals surface area contributed by atoms with Crippen molar-refractivity contribution in [3.8, 4) is 12.1 Å². The highest BCUT2D eigenvalue weighted by Crippen LogP contribution is 2.39. The Morgan fingerprint density at radius 3 is 2.74 bits per heavy atom. The van der Waals surface area contributed by atoms with Crippen LogP contribution in [-0.2, 0) is 0 Å². The largest absolute Gasteiger partial charge is 0.395 e. The van der Waals surface area contributed by atoms with Crippen molar-refractivity contribution >= 4 is 52.5 Å². The quantitative estimate of drug-likeness (QED) is 0.415. The summed E-state index contributed by atoms with van der Waals surface area (Å²) in [6.45, 7) is 2.21. The van der Waals surface area contributed by atoms with Gasteiger partial charge in [-0.05, 0) is 36.9 Å². The van der Waals surface area contributed by atoms with E-state index in [1.54, 1.807) is 24.1 Å². The summed E-state index contributed by atoms with van der Waals surface area (Å²) >= 11 is 8.36. The van der Waals surface area contributed by atoms with Crippen molar-refractivity contribution in [2.45, 2.75) is 18.9 Å². The second-order valence-electron chi connectivity index (χ2n) is 7.99. The lowest BCUT2D eigenvalue weighted by Gasteiger charge is -2.35. The number of halogens is 1. The summed E-state index contributed by atoms with van der Waals surface area (Å²) in [6.07, 6.45) is 3.55. The van der Waals surface area contributed by atoms with Gasteiger partial charge >= 0.3 is 0 Å². The van der Waals surface area contributed by atoms with E-state index in [-0.39, 0.29) is 12.6 Å². The maximum Gasteiger partial charge on any atom is 0.232 e. The highest BCUT2D eigenvalue weighted by Gasteiger charge is 2.25. The first-order chi connectivity index (χ1) is 16.6. The predicted molar refractivity (Wildman–Crippen MR) is 130 cm³/mol. The van der Waals surface area contributed by atoms with Crippen molar-refractivity contribution in [3.05, 3.63) is 34.5 Å². The van der Waals surface area contributed by atoms with E-state index in [0.29, 0.717) is 58.4 Å². The van der Waals surface area contributed by atoms with E-state index in [0.717, 1.165) is 25.1 Å². The number of anilines is 4. The molecule has 2 aromatic heterocycles. The molecule has 13 heteroatoms. The van der Waals surface area contributed by atoms with E-state index < -0.39 is 0 Å². The topological polar surface area (TPSA) is 141 Å². The van der Waals surface area contributed by atoms with Gasteiger partial charge < -0.3 is 20.0 Å². The van der Waals surface area contributed by atoms with Crippen molar-refractivity contribution in [1.29, 1.82) is 10.5 Å². The van der Waals surface area contributed by atoms with Crippen molar-refractivity contribution < 1.29 is 5.11 Å². The number of nitrogens with one attached hydrogen (secondary N) is 2. The van der Waals surface area contributed by atoms with Crippen molar-refractivity contribution in [2.75, 3.05) is 47.1 Å². The summed E-state index contributed by atoms with van der Waals surface area (Å²) in [7, 11) is 0. The van der Waals surface area contributed by atoms with E-state index >= 15 is 0 Å². The summed E-state index contributed by atoms with van der Waals surface area (Å²) in [4.78, 5) is 11.2. The number of β-amino-alcohol motifs (C(OH)–C–C–N with tert-alkyl or cyclic N) is 1. The fourth-order valence-corrected chi connectivity index (χ4v) is 4.97. The lowest BCUT2D eigenvalue weighted by atomic mass is 10.2. The molecule has 2 fully saturated rings. The van der Waals surface area contributed by atoms with Gasteiger partial charge in [0, 0.05) is 25.7 Å². The molecule has 1 aliphatic heterocycles. The fourth-order valence-electron chi connectivity index (χ4n) is 3.60. The third-order valence-corrected chi connectivity index (χ3v) is 7.10. The zero-order valence-electron chi connectivity index (χ0n) is 18.1. The standard InChI is InChI=1S/C21H21ClN10OS/c22-18-16(7-13(9-23)8-17(18)31-4-3-30(5-6-33)12-34-31)27-20-28-19-14(10-24)11-25-32(19)21(29-20)26-15-1-2-15/h7-8,11,15,33H,1-6,12H2,(H2,26,27,28,29). The van der Waals surface area contributed by atoms with Crippen LogP contribution >= 0.6 is 23.5 Å². The molecule has 0 atom stereocenters. The van der Waals surface area contributed by atoms with Crippen LogP contribution in [0.4, 0.5) is 23.3 Å². The van der Waals surface area contributed by atoms with Gasteiger partial charge in [-0.3, -0.25) is 4.90 Å². The molecule has 0 unspecified atom stereocenters. The molecule has 0 amide bonds. The third-order valence-electron chi connectivity index (χ3n) is 5.53. The second-order valence-corrected chi connectivity index (χ2v) is 9.33. The van der Waals surface area contributed by atoms with Crippen LogP contribution in [0.15, 0.2) is 18.3 Å². The van der Waals surface area contributed by atoms with Gasteiger partial charge in [-0.1, -0.05) is 11.6 Å². The summed E-state index contributed by atoms with van der Waals surface area (Å²) in [5.41, 5.74) is 2.37. The Bertz CT molecular complexity index is 1300. The molecule has 3 aromatic rings. The monoisotopic (exact) mass is 496 g/mol. The maximum absolute atomic E-state index is 9.61. The van der Waals surface area contributed by atoms with Gasteiger partial charge in [0.1, 0.15) is 11.6 Å². The van der Waals surface area contributed by atoms with Crippen molar-refractivity contribution in [2.24, 2.45) is 0 Å². The second kappa shape index (κ2) is 9.52. The Kier molecular flexibility index (Phi) is 6.30. The van der Waals surface area contributed by atoms with Gasteiger partial charge in [0.2, 0.25) is 11.9 Å². The first-order valence-corrected chi connectivity index (χ1v) is 12.1. The summed E-state index contributed by atoms with van der Waals surface area (Å²) in [5, 5.41) is 39.4. The lowest BCUT2D eigenvalue weighted by Crippen LogP contribution is -2.40. The number of aliphatic hydroxyl groups excluding tert-OH is 1. The first-order valence-electron chi connectivity index (χ1n) is 10.8. The van der Waals surface area contributed by atoms with Crippen LogP contribution in [0.25, 0.3) is 5.65 Å². The van der Waals surface area contributed by atoms with Crippen molar-refractivity contribution in [1.82, 2.24) is 24.5 Å². The van der Waals surface area contributed by atoms with Crippen LogP contribution in [0.1, 0.15) is 24.0 Å². The van der Waals surface area contributed by atoms with Crippen LogP contribution in [0.5, 0.6) is 0 Å². The predicted octanol–water partition coefficient (Wildman–Crippen LogP) is 2.56. The molecule has 5 rings (SSSR count). The first kappa shape index (κ1) is 22.5. The lowest BCUT2D eigenvalue weighted by molar-refractivity contribution is 0.217. The molecule has 2 aliphatic rings. The van der Waals surface area contributed by atoms with E-state index in [1.807, 2.05) is 0 Å². The van der Waals surface area contributed by atoms with Crippen LogP contribution in [0, 0.1) is 22.7 Å². The molecule has 34 heavy (non-hydrogen) atoms. The zero-order valence-corrected chi connectivity index (χ0v) is 19.6. The number of aliphatic hydroxyl groups is 1. The highest BCUT2D eigenvalue weighted by atomic mass is 35.5. The summed E-state index contributed by atoms with van der Waals surface area (Å²) in [6, 6.07) is 8.03. The smallest absolute Gasteiger partial charge is 0.232 e. The Balaban J connectivity index is 1.48. The molecule has 1 aliphatic carbocycles. The molecule has 1 aromatic carbocycles. The van der Waals surface area contributed by atoms with Crippen LogP contribution in [0.3, 0.4) is 0 Å². The minimum absolute atomic E-state index is 0.117. The number of hydrogen-bond acceptors (Lipinski definition) is 11. The van der Waals surface area contributed by atoms with Crippen LogP contribution < -0.4 is 14.9 Å². The Labute approximate surface area is 205 Å². The van der Waals surface area contributed by atoms with Gasteiger partial charge in [-0.25, -0.2) is 0 Å². The molecule has 0 radical (unpaired) electrons. The van der Waals surface area contributed by atoms with Gasteiger partial charge in [0.15, 0.2) is 5.65 Å². The number of fused-ring (bicyclic) bond motifs is 1. The van der Waals surface area contributed by atoms with Crippen LogP contribution in [-0.4, -0.2) is 67.7 Å². The average Bonchev–Trinajstić information content (AvgIpc) is 3.57. The SMILES string of the molecule is N#Cc1cc(Nc2nc(NC3CC3)n3ncc(C#N)c3n2)c(Cl)c(N2CCN(CCO)CS2)c1. The normalized spacial score (nSPS) is 16.3. The molecular weight excluding hydrogens is 476 g/mol. The minimum atomic E-state index is 0.117. The maximum atomic E-state index is 9.61. The molecule has 3 N–H and O–H groups in total. The van der Waals surface area contributed by atoms with Gasteiger partial charge in [0.05, 0.1) is 46.7 Å². The van der Waals surface area contributed by atoms with Crippen molar-refractivity contribution in [3.63, 3.8) is 0 Å². The van der Waals surface area contributed by atoms with Gasteiger partial charge in [0.25, 0.3) is 0 Å². The molecule has 1 saturated carbocycles. The zero-order chi connectivity index (χ0) is 23.7. The molecular formula is C21H21ClN10OS. The van der Waals surface area contributed by atoms with Crippen LogP contribution in [0.2, 0.25) is 5.02 Å².